The lowest BCUT2D eigenvalue weighted by Crippen LogP contribution is -2.12. The van der Waals surface area contributed by atoms with Gasteiger partial charge in [-0.1, -0.05) is 13.8 Å². The van der Waals surface area contributed by atoms with Crippen LogP contribution in [0.3, 0.4) is 0 Å². The van der Waals surface area contributed by atoms with E-state index in [1.54, 1.807) is 22.2 Å². The standard InChI is InChI=1S/C16H20N6S/c1-9(2)15-20-13(7-23-15)10(3)19-14-6-12(11-4-5-11)21-16-17-8-18-22(14)16/h6-11,19H,4-5H2,1-3H3/t10-/m0/s1. The van der Waals surface area contributed by atoms with Crippen molar-refractivity contribution in [3.63, 3.8) is 0 Å². The summed E-state index contributed by atoms with van der Waals surface area (Å²) >= 11 is 1.72. The summed E-state index contributed by atoms with van der Waals surface area (Å²) in [6.45, 7) is 6.47. The highest BCUT2D eigenvalue weighted by molar-refractivity contribution is 7.09. The van der Waals surface area contributed by atoms with Gasteiger partial charge < -0.3 is 5.32 Å². The van der Waals surface area contributed by atoms with Crippen molar-refractivity contribution < 1.29 is 0 Å². The molecule has 0 spiro atoms. The van der Waals surface area contributed by atoms with Crippen LogP contribution in [0.1, 0.15) is 67.9 Å². The zero-order valence-corrected chi connectivity index (χ0v) is 14.3. The summed E-state index contributed by atoms with van der Waals surface area (Å²) in [6.07, 6.45) is 3.99. The first-order valence-corrected chi connectivity index (χ1v) is 8.92. The minimum atomic E-state index is 0.112. The quantitative estimate of drug-likeness (QED) is 0.772. The molecule has 6 nitrogen and oxygen atoms in total. The van der Waals surface area contributed by atoms with Crippen molar-refractivity contribution in [2.45, 2.75) is 51.5 Å². The number of thiazole rings is 1. The van der Waals surface area contributed by atoms with Crippen molar-refractivity contribution in [1.29, 1.82) is 0 Å². The molecule has 0 bridgehead atoms. The number of hydrogen-bond donors (Lipinski definition) is 1. The van der Waals surface area contributed by atoms with Crippen LogP contribution in [0.2, 0.25) is 0 Å². The molecule has 1 aliphatic carbocycles. The minimum absolute atomic E-state index is 0.112. The third kappa shape index (κ3) is 2.81. The van der Waals surface area contributed by atoms with Crippen LogP contribution in [-0.2, 0) is 0 Å². The van der Waals surface area contributed by atoms with Gasteiger partial charge >= 0.3 is 0 Å². The van der Waals surface area contributed by atoms with E-state index < -0.39 is 0 Å². The highest BCUT2D eigenvalue weighted by Crippen LogP contribution is 2.40. The zero-order chi connectivity index (χ0) is 16.0. The normalized spacial score (nSPS) is 16.2. The summed E-state index contributed by atoms with van der Waals surface area (Å²) in [7, 11) is 0. The van der Waals surface area contributed by atoms with Gasteiger partial charge in [-0.3, -0.25) is 0 Å². The van der Waals surface area contributed by atoms with Crippen molar-refractivity contribution in [1.82, 2.24) is 24.6 Å². The molecule has 0 aromatic carbocycles. The fourth-order valence-corrected chi connectivity index (χ4v) is 3.51. The molecule has 0 amide bonds. The second-order valence-corrected chi connectivity index (χ2v) is 7.33. The molecule has 0 radical (unpaired) electrons. The van der Waals surface area contributed by atoms with E-state index in [1.807, 2.05) is 0 Å². The van der Waals surface area contributed by atoms with Gasteiger partial charge in [0.15, 0.2) is 0 Å². The topological polar surface area (TPSA) is 68.0 Å². The maximum absolute atomic E-state index is 4.74. The van der Waals surface area contributed by atoms with Gasteiger partial charge in [0, 0.05) is 23.3 Å². The molecule has 3 heterocycles. The van der Waals surface area contributed by atoms with E-state index >= 15 is 0 Å². The number of rotatable bonds is 5. The first-order valence-electron chi connectivity index (χ1n) is 8.04. The van der Waals surface area contributed by atoms with Crippen molar-refractivity contribution in [2.24, 2.45) is 0 Å². The highest BCUT2D eigenvalue weighted by Gasteiger charge is 2.27. The highest BCUT2D eigenvalue weighted by atomic mass is 32.1. The van der Waals surface area contributed by atoms with Gasteiger partial charge in [0.05, 0.1) is 22.4 Å². The smallest absolute Gasteiger partial charge is 0.254 e. The first kappa shape index (κ1) is 14.6. The maximum atomic E-state index is 4.74. The number of anilines is 1. The van der Waals surface area contributed by atoms with Gasteiger partial charge in [-0.05, 0) is 19.8 Å². The third-order valence-corrected chi connectivity index (χ3v) is 5.27. The van der Waals surface area contributed by atoms with Crippen molar-refractivity contribution in [3.05, 3.63) is 34.2 Å². The van der Waals surface area contributed by atoms with Crippen LogP contribution in [0, 0.1) is 0 Å². The average molecular weight is 328 g/mol. The number of fused-ring (bicyclic) bond motifs is 1. The SMILES string of the molecule is CC(C)c1nc([C@H](C)Nc2cc(C3CC3)nc3ncnn23)cs1. The summed E-state index contributed by atoms with van der Waals surface area (Å²) in [5.74, 6) is 2.64. The Balaban J connectivity index is 1.64. The third-order valence-electron chi connectivity index (χ3n) is 4.11. The van der Waals surface area contributed by atoms with Crippen LogP contribution in [0.4, 0.5) is 5.82 Å². The van der Waals surface area contributed by atoms with Crippen LogP contribution in [0.5, 0.6) is 0 Å². The number of nitrogens with zero attached hydrogens (tertiary/aromatic N) is 5. The van der Waals surface area contributed by atoms with E-state index in [-0.39, 0.29) is 6.04 Å². The van der Waals surface area contributed by atoms with Gasteiger partial charge in [0.2, 0.25) is 0 Å². The molecule has 0 unspecified atom stereocenters. The summed E-state index contributed by atoms with van der Waals surface area (Å²) in [5, 5.41) is 11.1. The zero-order valence-electron chi connectivity index (χ0n) is 13.5. The monoisotopic (exact) mass is 328 g/mol. The van der Waals surface area contributed by atoms with Crippen molar-refractivity contribution in [3.8, 4) is 0 Å². The van der Waals surface area contributed by atoms with E-state index in [1.165, 1.54) is 17.8 Å². The average Bonchev–Trinajstić information content (AvgIpc) is 3.07. The number of hydrogen-bond acceptors (Lipinski definition) is 6. The Morgan fingerprint density at radius 2 is 2.09 bits per heavy atom. The molecule has 3 aromatic heterocycles. The largest absolute Gasteiger partial charge is 0.362 e. The Hall–Kier alpha value is -2.02. The van der Waals surface area contributed by atoms with E-state index in [0.717, 1.165) is 17.2 Å². The molecule has 1 atom stereocenters. The lowest BCUT2D eigenvalue weighted by Gasteiger charge is -2.15. The van der Waals surface area contributed by atoms with E-state index in [0.29, 0.717) is 17.6 Å². The Bertz CT molecular complexity index is 832. The van der Waals surface area contributed by atoms with E-state index in [9.17, 15) is 0 Å². The lowest BCUT2D eigenvalue weighted by atomic mass is 10.2. The first-order chi connectivity index (χ1) is 11.1. The molecule has 0 saturated heterocycles. The second-order valence-electron chi connectivity index (χ2n) is 6.44. The molecule has 1 fully saturated rings. The van der Waals surface area contributed by atoms with Gasteiger partial charge in [-0.2, -0.15) is 14.6 Å². The number of nitrogens with one attached hydrogen (secondary N) is 1. The van der Waals surface area contributed by atoms with Gasteiger partial charge in [0.1, 0.15) is 12.1 Å². The van der Waals surface area contributed by atoms with Gasteiger partial charge in [-0.15, -0.1) is 11.3 Å². The molecule has 23 heavy (non-hydrogen) atoms. The summed E-state index contributed by atoms with van der Waals surface area (Å²) in [4.78, 5) is 13.6. The van der Waals surface area contributed by atoms with Crippen LogP contribution in [0.25, 0.3) is 5.78 Å². The predicted molar refractivity (Wildman–Crippen MR) is 91.0 cm³/mol. The summed E-state index contributed by atoms with van der Waals surface area (Å²) in [5.41, 5.74) is 2.18. The molecule has 1 aliphatic rings. The van der Waals surface area contributed by atoms with Crippen molar-refractivity contribution in [2.75, 3.05) is 5.32 Å². The molecule has 7 heteroatoms. The predicted octanol–water partition coefficient (Wildman–Crippen LogP) is 3.75. The molecule has 1 saturated carbocycles. The fraction of sp³-hybridized carbons (Fsp3) is 0.500. The summed E-state index contributed by atoms with van der Waals surface area (Å²) in [6, 6.07) is 2.21. The van der Waals surface area contributed by atoms with E-state index in [4.69, 9.17) is 4.98 Å². The lowest BCUT2D eigenvalue weighted by molar-refractivity contribution is 0.786. The summed E-state index contributed by atoms with van der Waals surface area (Å²) < 4.78 is 1.76. The molecular weight excluding hydrogens is 308 g/mol. The van der Waals surface area contributed by atoms with Gasteiger partial charge in [0.25, 0.3) is 5.78 Å². The van der Waals surface area contributed by atoms with Crippen LogP contribution in [-0.4, -0.2) is 24.6 Å². The van der Waals surface area contributed by atoms with E-state index in [2.05, 4.69) is 52.6 Å². The second kappa shape index (κ2) is 5.56. The Kier molecular flexibility index (Phi) is 3.52. The Labute approximate surface area is 139 Å². The molecule has 3 aromatic rings. The maximum Gasteiger partial charge on any atom is 0.254 e. The molecule has 1 N–H and O–H groups in total. The van der Waals surface area contributed by atoms with Crippen LogP contribution < -0.4 is 5.32 Å². The van der Waals surface area contributed by atoms with Crippen molar-refractivity contribution >= 4 is 22.9 Å². The molecule has 4 rings (SSSR count). The molecule has 0 aliphatic heterocycles. The van der Waals surface area contributed by atoms with Crippen LogP contribution >= 0.6 is 11.3 Å². The molecule has 120 valence electrons. The number of aromatic nitrogens is 5. The Morgan fingerprint density at radius 3 is 2.78 bits per heavy atom. The molecular formula is C16H20N6S. The minimum Gasteiger partial charge on any atom is -0.362 e. The Morgan fingerprint density at radius 1 is 1.26 bits per heavy atom. The van der Waals surface area contributed by atoms with Gasteiger partial charge in [-0.25, -0.2) is 9.97 Å². The van der Waals surface area contributed by atoms with Crippen LogP contribution in [0.15, 0.2) is 17.8 Å². The fourth-order valence-electron chi connectivity index (χ4n) is 2.58.